The molecule has 150 valence electrons. The van der Waals surface area contributed by atoms with Crippen molar-refractivity contribution in [2.45, 2.75) is 4.90 Å². The topological polar surface area (TPSA) is 111 Å². The maximum Gasteiger partial charge on any atom is 0.338 e. The van der Waals surface area contributed by atoms with E-state index < -0.39 is 34.3 Å². The SMILES string of the molecule is CNS(=O)(=O)c1cc(C(=O)OCC(=O)Nc2cc(Cl)ccc2F)ccc1OC. The summed E-state index contributed by atoms with van der Waals surface area (Å²) in [6.07, 6.45) is 0. The summed E-state index contributed by atoms with van der Waals surface area (Å²) in [5, 5.41) is 2.43. The zero-order chi connectivity index (χ0) is 20.9. The van der Waals surface area contributed by atoms with E-state index in [-0.39, 0.29) is 26.9 Å². The first-order valence-corrected chi connectivity index (χ1v) is 9.57. The summed E-state index contributed by atoms with van der Waals surface area (Å²) < 4.78 is 49.6. The molecular formula is C17H16ClFN2O6S. The smallest absolute Gasteiger partial charge is 0.338 e. The molecule has 0 saturated carbocycles. The third kappa shape index (κ3) is 5.18. The van der Waals surface area contributed by atoms with Gasteiger partial charge in [-0.1, -0.05) is 11.6 Å². The van der Waals surface area contributed by atoms with E-state index in [1.54, 1.807) is 0 Å². The van der Waals surface area contributed by atoms with E-state index >= 15 is 0 Å². The van der Waals surface area contributed by atoms with Crippen molar-refractivity contribution in [2.75, 3.05) is 26.1 Å². The summed E-state index contributed by atoms with van der Waals surface area (Å²) in [5.74, 6) is -2.43. The monoisotopic (exact) mass is 430 g/mol. The predicted octanol–water partition coefficient (Wildman–Crippen LogP) is 2.19. The van der Waals surface area contributed by atoms with Gasteiger partial charge in [-0.05, 0) is 43.4 Å². The Balaban J connectivity index is 2.10. The number of nitrogens with one attached hydrogen (secondary N) is 2. The number of ether oxygens (including phenoxy) is 2. The molecule has 8 nitrogen and oxygen atoms in total. The van der Waals surface area contributed by atoms with E-state index in [2.05, 4.69) is 10.0 Å². The molecule has 0 aliphatic heterocycles. The Morgan fingerprint density at radius 2 is 1.89 bits per heavy atom. The van der Waals surface area contributed by atoms with Crippen LogP contribution in [0.3, 0.4) is 0 Å². The van der Waals surface area contributed by atoms with E-state index in [1.165, 1.54) is 38.4 Å². The molecule has 2 aromatic rings. The van der Waals surface area contributed by atoms with Gasteiger partial charge < -0.3 is 14.8 Å². The zero-order valence-corrected chi connectivity index (χ0v) is 16.4. The number of carbonyl (C=O) groups is 2. The minimum absolute atomic E-state index is 0.0278. The van der Waals surface area contributed by atoms with Crippen molar-refractivity contribution in [1.29, 1.82) is 0 Å². The van der Waals surface area contributed by atoms with Gasteiger partial charge in [0.15, 0.2) is 6.61 Å². The lowest BCUT2D eigenvalue weighted by atomic mass is 10.2. The summed E-state index contributed by atoms with van der Waals surface area (Å²) in [6.45, 7) is -0.717. The third-order valence-electron chi connectivity index (χ3n) is 3.49. The first-order valence-electron chi connectivity index (χ1n) is 7.71. The zero-order valence-electron chi connectivity index (χ0n) is 14.8. The largest absolute Gasteiger partial charge is 0.495 e. The van der Waals surface area contributed by atoms with Crippen molar-refractivity contribution < 1.29 is 31.9 Å². The number of benzene rings is 2. The highest BCUT2D eigenvalue weighted by Gasteiger charge is 2.21. The number of esters is 1. The molecule has 0 atom stereocenters. The summed E-state index contributed by atoms with van der Waals surface area (Å²) in [5.41, 5.74) is -0.281. The highest BCUT2D eigenvalue weighted by molar-refractivity contribution is 7.89. The van der Waals surface area contributed by atoms with Crippen molar-refractivity contribution in [1.82, 2.24) is 4.72 Å². The van der Waals surface area contributed by atoms with Crippen LogP contribution in [0.4, 0.5) is 10.1 Å². The van der Waals surface area contributed by atoms with Crippen molar-refractivity contribution >= 4 is 39.2 Å². The number of halogens is 2. The lowest BCUT2D eigenvalue weighted by Gasteiger charge is -2.11. The van der Waals surface area contributed by atoms with Crippen LogP contribution in [0.15, 0.2) is 41.3 Å². The molecule has 2 aromatic carbocycles. The van der Waals surface area contributed by atoms with Crippen LogP contribution in [-0.2, 0) is 19.6 Å². The molecule has 0 fully saturated rings. The van der Waals surface area contributed by atoms with E-state index in [1.807, 2.05) is 0 Å². The van der Waals surface area contributed by atoms with Crippen LogP contribution in [0.25, 0.3) is 0 Å². The van der Waals surface area contributed by atoms with E-state index in [0.29, 0.717) is 0 Å². The van der Waals surface area contributed by atoms with Gasteiger partial charge in [-0.25, -0.2) is 22.3 Å². The van der Waals surface area contributed by atoms with Gasteiger partial charge in [0.25, 0.3) is 5.91 Å². The second-order valence-corrected chi connectivity index (χ2v) is 7.61. The number of amides is 1. The molecule has 11 heteroatoms. The van der Waals surface area contributed by atoms with Crippen molar-refractivity contribution in [3.8, 4) is 5.75 Å². The highest BCUT2D eigenvalue weighted by atomic mass is 35.5. The van der Waals surface area contributed by atoms with Crippen LogP contribution in [-0.4, -0.2) is 41.1 Å². The molecule has 0 saturated heterocycles. The van der Waals surface area contributed by atoms with Crippen molar-refractivity contribution in [3.63, 3.8) is 0 Å². The molecule has 0 bridgehead atoms. The predicted molar refractivity (Wildman–Crippen MR) is 99.6 cm³/mol. The standard InChI is InChI=1S/C17H16ClFN2O6S/c1-20-28(24,25)15-7-10(3-6-14(15)26-2)17(23)27-9-16(22)21-13-8-11(18)4-5-12(13)19/h3-8,20H,9H2,1-2H3,(H,21,22). The first-order chi connectivity index (χ1) is 13.2. The van der Waals surface area contributed by atoms with E-state index in [9.17, 15) is 22.4 Å². The van der Waals surface area contributed by atoms with Gasteiger partial charge in [0, 0.05) is 5.02 Å². The molecule has 0 radical (unpaired) electrons. The maximum atomic E-state index is 13.6. The molecule has 0 aliphatic rings. The lowest BCUT2D eigenvalue weighted by molar-refractivity contribution is -0.119. The molecule has 2 rings (SSSR count). The van der Waals surface area contributed by atoms with Gasteiger partial charge in [0.1, 0.15) is 16.5 Å². The Kier molecular flexibility index (Phi) is 6.95. The number of hydrogen-bond donors (Lipinski definition) is 2. The fourth-order valence-electron chi connectivity index (χ4n) is 2.12. The normalized spacial score (nSPS) is 11.0. The minimum atomic E-state index is -3.89. The number of hydrogen-bond acceptors (Lipinski definition) is 6. The van der Waals surface area contributed by atoms with Gasteiger partial charge in [-0.15, -0.1) is 0 Å². The third-order valence-corrected chi connectivity index (χ3v) is 5.17. The molecule has 0 spiro atoms. The Morgan fingerprint density at radius 1 is 1.18 bits per heavy atom. The molecular weight excluding hydrogens is 415 g/mol. The van der Waals surface area contributed by atoms with Gasteiger partial charge in [-0.3, -0.25) is 4.79 Å². The van der Waals surface area contributed by atoms with Crippen LogP contribution < -0.4 is 14.8 Å². The average Bonchev–Trinajstić information content (AvgIpc) is 2.68. The number of sulfonamides is 1. The summed E-state index contributed by atoms with van der Waals surface area (Å²) in [4.78, 5) is 23.7. The number of carbonyl (C=O) groups excluding carboxylic acids is 2. The maximum absolute atomic E-state index is 13.6. The van der Waals surface area contributed by atoms with Crippen LogP contribution in [0.2, 0.25) is 5.02 Å². The second kappa shape index (κ2) is 9.00. The quantitative estimate of drug-likeness (QED) is 0.651. The van der Waals surface area contributed by atoms with E-state index in [0.717, 1.165) is 12.1 Å². The molecule has 0 unspecified atom stereocenters. The Bertz CT molecular complexity index is 1010. The Morgan fingerprint density at radius 3 is 2.54 bits per heavy atom. The van der Waals surface area contributed by atoms with Gasteiger partial charge in [0.05, 0.1) is 18.4 Å². The Labute approximate surface area is 165 Å². The van der Waals surface area contributed by atoms with Crippen molar-refractivity contribution in [3.05, 3.63) is 52.8 Å². The fourth-order valence-corrected chi connectivity index (χ4v) is 3.21. The van der Waals surface area contributed by atoms with Crippen LogP contribution in [0.1, 0.15) is 10.4 Å². The van der Waals surface area contributed by atoms with Crippen molar-refractivity contribution in [2.24, 2.45) is 0 Å². The average molecular weight is 431 g/mol. The molecule has 1 amide bonds. The van der Waals surface area contributed by atoms with Crippen LogP contribution in [0, 0.1) is 5.82 Å². The minimum Gasteiger partial charge on any atom is -0.495 e. The molecule has 0 aliphatic carbocycles. The Hall–Kier alpha value is -2.69. The van der Waals surface area contributed by atoms with Gasteiger partial charge >= 0.3 is 5.97 Å². The fraction of sp³-hybridized carbons (Fsp3) is 0.176. The lowest BCUT2D eigenvalue weighted by Crippen LogP contribution is -2.22. The van der Waals surface area contributed by atoms with Gasteiger partial charge in [0.2, 0.25) is 10.0 Å². The van der Waals surface area contributed by atoms with Crippen LogP contribution in [0.5, 0.6) is 5.75 Å². The van der Waals surface area contributed by atoms with Gasteiger partial charge in [-0.2, -0.15) is 0 Å². The van der Waals surface area contributed by atoms with E-state index in [4.69, 9.17) is 21.1 Å². The van der Waals surface area contributed by atoms with Crippen LogP contribution >= 0.6 is 11.6 Å². The molecule has 0 heterocycles. The second-order valence-electron chi connectivity index (χ2n) is 5.32. The number of methoxy groups -OCH3 is 1. The number of anilines is 1. The molecule has 2 N–H and O–H groups in total. The summed E-state index contributed by atoms with van der Waals surface area (Å²) >= 11 is 5.73. The molecule has 0 aromatic heterocycles. The summed E-state index contributed by atoms with van der Waals surface area (Å²) in [7, 11) is -1.41. The highest BCUT2D eigenvalue weighted by Crippen LogP contribution is 2.25. The first kappa shape index (κ1) is 21.6. The molecule has 28 heavy (non-hydrogen) atoms. The summed E-state index contributed by atoms with van der Waals surface area (Å²) in [6, 6.07) is 7.21. The number of rotatable bonds is 7.